The monoisotopic (exact) mass is 318 g/mol. The summed E-state index contributed by atoms with van der Waals surface area (Å²) in [6.45, 7) is 0. The van der Waals surface area contributed by atoms with E-state index in [1.165, 1.54) is 0 Å². The highest BCUT2D eigenvalue weighted by atomic mass is 32.2. The van der Waals surface area contributed by atoms with Gasteiger partial charge in [-0.25, -0.2) is 0 Å². The summed E-state index contributed by atoms with van der Waals surface area (Å²) in [4.78, 5) is 28.6. The van der Waals surface area contributed by atoms with Gasteiger partial charge in [-0.1, -0.05) is 30.0 Å². The molecule has 1 amide bonds. The van der Waals surface area contributed by atoms with Crippen molar-refractivity contribution in [3.05, 3.63) is 24.3 Å². The molecule has 0 spiro atoms. The van der Waals surface area contributed by atoms with Gasteiger partial charge in [0.2, 0.25) is 11.0 Å². The molecular weight excluding hydrogens is 308 g/mol. The molecule has 0 bridgehead atoms. The molecule has 2 heterocycles. The van der Waals surface area contributed by atoms with Gasteiger partial charge in [0.15, 0.2) is 5.69 Å². The third-order valence-electron chi connectivity index (χ3n) is 2.98. The third kappa shape index (κ3) is 2.70. The lowest BCUT2D eigenvalue weighted by molar-refractivity contribution is -0.138. The highest BCUT2D eigenvalue weighted by Gasteiger charge is 2.30. The van der Waals surface area contributed by atoms with Crippen LogP contribution in [0, 0.1) is 0 Å². The van der Waals surface area contributed by atoms with Crippen LogP contribution in [0.15, 0.2) is 39.5 Å². The normalized spacial score (nSPS) is 18.3. The molecule has 0 saturated carbocycles. The van der Waals surface area contributed by atoms with Crippen molar-refractivity contribution in [2.45, 2.75) is 11.7 Å². The van der Waals surface area contributed by atoms with Crippen molar-refractivity contribution in [3.8, 4) is 5.88 Å². The number of amides is 1. The number of aromatic nitrogens is 1. The van der Waals surface area contributed by atoms with Crippen molar-refractivity contribution in [3.63, 3.8) is 0 Å². The lowest BCUT2D eigenvalue weighted by Gasteiger charge is -1.99. The van der Waals surface area contributed by atoms with E-state index in [2.05, 4.69) is 20.2 Å². The minimum atomic E-state index is -1.08. The standard InChI is InChI=1S/C13H10N4O4S/c18-9(19)5-8-11(20)15-13(22-8)17-16-10-6-3-1-2-4-7(6)14-12(10)21/h1-4,8,14,21H,5H2,(H,18,19)/t8-/m1/s1. The molecule has 1 aliphatic heterocycles. The molecular formula is C13H10N4O4S. The second-order valence-electron chi connectivity index (χ2n) is 4.50. The molecule has 1 aromatic heterocycles. The van der Waals surface area contributed by atoms with E-state index >= 15 is 0 Å². The van der Waals surface area contributed by atoms with E-state index < -0.39 is 17.1 Å². The van der Waals surface area contributed by atoms with Crippen LogP contribution in [0.1, 0.15) is 6.42 Å². The van der Waals surface area contributed by atoms with Gasteiger partial charge in [-0.3, -0.25) is 9.59 Å². The Balaban J connectivity index is 1.82. The molecule has 2 aromatic rings. The summed E-state index contributed by atoms with van der Waals surface area (Å²) in [6, 6.07) is 7.15. The Kier molecular flexibility index (Phi) is 3.63. The number of nitrogens with one attached hydrogen (secondary N) is 1. The molecule has 1 atom stereocenters. The Labute approximate surface area is 128 Å². The number of amidine groups is 1. The van der Waals surface area contributed by atoms with E-state index in [9.17, 15) is 14.7 Å². The van der Waals surface area contributed by atoms with E-state index in [0.717, 1.165) is 11.8 Å². The predicted octanol–water partition coefficient (Wildman–Crippen LogP) is 2.43. The number of aliphatic carboxylic acids is 1. The number of azo groups is 1. The smallest absolute Gasteiger partial charge is 0.305 e. The lowest BCUT2D eigenvalue weighted by Crippen LogP contribution is -2.15. The molecule has 22 heavy (non-hydrogen) atoms. The molecule has 0 radical (unpaired) electrons. The van der Waals surface area contributed by atoms with Crippen LogP contribution in [0.3, 0.4) is 0 Å². The molecule has 0 unspecified atom stereocenters. The molecule has 0 fully saturated rings. The van der Waals surface area contributed by atoms with Crippen LogP contribution in [-0.2, 0) is 9.59 Å². The summed E-state index contributed by atoms with van der Waals surface area (Å²) in [7, 11) is 0. The number of carbonyl (C=O) groups is 2. The Morgan fingerprint density at radius 2 is 2.14 bits per heavy atom. The van der Waals surface area contributed by atoms with E-state index in [0.29, 0.717) is 10.9 Å². The maximum absolute atomic E-state index is 11.5. The van der Waals surface area contributed by atoms with Crippen LogP contribution < -0.4 is 0 Å². The van der Waals surface area contributed by atoms with Crippen LogP contribution in [0.25, 0.3) is 10.9 Å². The van der Waals surface area contributed by atoms with Gasteiger partial charge < -0.3 is 15.2 Å². The maximum Gasteiger partial charge on any atom is 0.305 e. The highest BCUT2D eigenvalue weighted by molar-refractivity contribution is 8.15. The number of carboxylic acids is 1. The minimum absolute atomic E-state index is 0.0842. The van der Waals surface area contributed by atoms with Gasteiger partial charge in [0.05, 0.1) is 11.9 Å². The van der Waals surface area contributed by atoms with Crippen LogP contribution in [0.4, 0.5) is 5.69 Å². The molecule has 0 saturated heterocycles. The first-order valence-electron chi connectivity index (χ1n) is 6.27. The summed E-state index contributed by atoms with van der Waals surface area (Å²) in [5.41, 5.74) is 0.947. The topological polar surface area (TPSA) is 127 Å². The van der Waals surface area contributed by atoms with Crippen LogP contribution in [0.5, 0.6) is 5.88 Å². The first-order valence-corrected chi connectivity index (χ1v) is 7.15. The zero-order chi connectivity index (χ0) is 15.7. The molecule has 8 nitrogen and oxygen atoms in total. The SMILES string of the molecule is O=C(O)C[C@H]1SC(N=Nc2c(O)[nH]c3ccccc23)=NC1=O. The summed E-state index contributed by atoms with van der Waals surface area (Å²) in [6.07, 6.45) is -0.315. The van der Waals surface area contributed by atoms with Gasteiger partial charge in [-0.05, 0) is 6.07 Å². The van der Waals surface area contributed by atoms with E-state index in [1.807, 2.05) is 6.07 Å². The number of benzene rings is 1. The van der Waals surface area contributed by atoms with Gasteiger partial charge in [-0.2, -0.15) is 4.99 Å². The molecule has 112 valence electrons. The fraction of sp³-hybridized carbons (Fsp3) is 0.154. The van der Waals surface area contributed by atoms with Crippen molar-refractivity contribution in [2.75, 3.05) is 0 Å². The zero-order valence-corrected chi connectivity index (χ0v) is 11.9. The molecule has 1 aliphatic rings. The second kappa shape index (κ2) is 5.60. The van der Waals surface area contributed by atoms with Gasteiger partial charge in [0.25, 0.3) is 5.91 Å². The average molecular weight is 318 g/mol. The van der Waals surface area contributed by atoms with E-state index in [4.69, 9.17) is 5.11 Å². The van der Waals surface area contributed by atoms with Gasteiger partial charge in [0, 0.05) is 5.39 Å². The number of H-pyrrole nitrogens is 1. The quantitative estimate of drug-likeness (QED) is 0.749. The Bertz CT molecular complexity index is 827. The van der Waals surface area contributed by atoms with Gasteiger partial charge in [-0.15, -0.1) is 10.2 Å². The fourth-order valence-electron chi connectivity index (χ4n) is 2.01. The first-order chi connectivity index (χ1) is 10.5. The van der Waals surface area contributed by atoms with Crippen molar-refractivity contribution in [1.82, 2.24) is 4.98 Å². The number of fused-ring (bicyclic) bond motifs is 1. The van der Waals surface area contributed by atoms with E-state index in [-0.39, 0.29) is 23.2 Å². The predicted molar refractivity (Wildman–Crippen MR) is 80.6 cm³/mol. The maximum atomic E-state index is 11.5. The summed E-state index contributed by atoms with van der Waals surface area (Å²) >= 11 is 0.948. The lowest BCUT2D eigenvalue weighted by atomic mass is 10.2. The summed E-state index contributed by atoms with van der Waals surface area (Å²) in [5, 5.41) is 26.3. The number of para-hydroxylation sites is 1. The second-order valence-corrected chi connectivity index (χ2v) is 5.67. The van der Waals surface area contributed by atoms with Gasteiger partial charge >= 0.3 is 5.97 Å². The number of hydrogen-bond acceptors (Lipinski definition) is 6. The Morgan fingerprint density at radius 1 is 1.36 bits per heavy atom. The number of hydrogen-bond donors (Lipinski definition) is 3. The van der Waals surface area contributed by atoms with Crippen LogP contribution >= 0.6 is 11.8 Å². The number of carbonyl (C=O) groups excluding carboxylic acids is 1. The fourth-order valence-corrected chi connectivity index (χ4v) is 2.88. The number of carboxylic acid groups (broad SMARTS) is 1. The summed E-state index contributed by atoms with van der Waals surface area (Å²) < 4.78 is 0. The molecule has 1 aromatic carbocycles. The average Bonchev–Trinajstić information content (AvgIpc) is 2.96. The largest absolute Gasteiger partial charge is 0.493 e. The van der Waals surface area contributed by atoms with E-state index in [1.54, 1.807) is 18.2 Å². The van der Waals surface area contributed by atoms with Crippen molar-refractivity contribution >= 4 is 45.4 Å². The number of aliphatic imine (C=N–C) groups is 1. The molecule has 0 aliphatic carbocycles. The van der Waals surface area contributed by atoms with Crippen LogP contribution in [0.2, 0.25) is 0 Å². The Hall–Kier alpha value is -2.68. The molecule has 3 N–H and O–H groups in total. The zero-order valence-electron chi connectivity index (χ0n) is 11.1. The number of nitrogens with zero attached hydrogens (tertiary/aromatic N) is 3. The molecule has 9 heteroatoms. The van der Waals surface area contributed by atoms with Crippen LogP contribution in [-0.4, -0.2) is 37.5 Å². The Morgan fingerprint density at radius 3 is 2.91 bits per heavy atom. The molecule has 3 rings (SSSR count). The van der Waals surface area contributed by atoms with Gasteiger partial charge in [0.1, 0.15) is 5.25 Å². The van der Waals surface area contributed by atoms with Crippen molar-refractivity contribution in [1.29, 1.82) is 0 Å². The minimum Gasteiger partial charge on any atom is -0.493 e. The number of thioether (sulfide) groups is 1. The number of aromatic hydroxyl groups is 1. The number of rotatable bonds is 3. The van der Waals surface area contributed by atoms with Crippen molar-refractivity contribution in [2.24, 2.45) is 15.2 Å². The third-order valence-corrected chi connectivity index (χ3v) is 4.02. The first kappa shape index (κ1) is 14.3. The highest BCUT2D eigenvalue weighted by Crippen LogP contribution is 2.36. The summed E-state index contributed by atoms with van der Waals surface area (Å²) in [5.74, 6) is -1.75. The number of aromatic amines is 1. The van der Waals surface area contributed by atoms with Crippen molar-refractivity contribution < 1.29 is 19.8 Å².